The highest BCUT2D eigenvalue weighted by Crippen LogP contribution is 2.37. The van der Waals surface area contributed by atoms with Crippen molar-refractivity contribution in [2.45, 2.75) is 18.3 Å². The molecule has 1 aliphatic rings. The minimum absolute atomic E-state index is 0.250. The molecule has 1 aromatic carbocycles. The van der Waals surface area contributed by atoms with Gasteiger partial charge in [-0.15, -0.1) is 0 Å². The topological polar surface area (TPSA) is 49.3 Å². The van der Waals surface area contributed by atoms with Crippen molar-refractivity contribution in [2.24, 2.45) is 0 Å². The van der Waals surface area contributed by atoms with E-state index in [1.807, 2.05) is 0 Å². The van der Waals surface area contributed by atoms with Crippen LogP contribution in [0.15, 0.2) is 22.7 Å². The molecule has 1 aromatic rings. The highest BCUT2D eigenvalue weighted by atomic mass is 79.9. The maximum atomic E-state index is 13.9. The van der Waals surface area contributed by atoms with E-state index in [9.17, 15) is 14.3 Å². The third-order valence-electron chi connectivity index (χ3n) is 3.23. The van der Waals surface area contributed by atoms with Gasteiger partial charge in [-0.25, -0.2) is 4.39 Å². The lowest BCUT2D eigenvalue weighted by atomic mass is 9.74. The monoisotopic (exact) mass is 301 g/mol. The third kappa shape index (κ3) is 2.09. The summed E-state index contributed by atoms with van der Waals surface area (Å²) in [5.74, 6) is -1.44. The van der Waals surface area contributed by atoms with E-state index >= 15 is 0 Å². The fourth-order valence-electron chi connectivity index (χ4n) is 2.36. The standard InChI is InChI=1S/C12H13BrFNO2/c13-8-3-1-4-9(14)10(8)12(11(16)17)5-2-6-15-7-12/h1,3-4,15H,2,5-7H2,(H,16,17). The largest absolute Gasteiger partial charge is 0.481 e. The molecule has 1 aliphatic heterocycles. The molecule has 5 heteroatoms. The molecular formula is C12H13BrFNO2. The summed E-state index contributed by atoms with van der Waals surface area (Å²) in [4.78, 5) is 11.6. The van der Waals surface area contributed by atoms with Gasteiger partial charge >= 0.3 is 5.97 Å². The number of aliphatic carboxylic acids is 1. The van der Waals surface area contributed by atoms with E-state index in [1.54, 1.807) is 12.1 Å². The van der Waals surface area contributed by atoms with E-state index in [2.05, 4.69) is 21.2 Å². The third-order valence-corrected chi connectivity index (χ3v) is 3.90. The van der Waals surface area contributed by atoms with E-state index < -0.39 is 17.2 Å². The van der Waals surface area contributed by atoms with E-state index in [-0.39, 0.29) is 12.1 Å². The van der Waals surface area contributed by atoms with Gasteiger partial charge in [-0.1, -0.05) is 22.0 Å². The number of piperidine rings is 1. The second kappa shape index (κ2) is 4.74. The Balaban J connectivity index is 2.56. The molecule has 17 heavy (non-hydrogen) atoms. The first-order valence-electron chi connectivity index (χ1n) is 5.46. The number of hydrogen-bond acceptors (Lipinski definition) is 2. The van der Waals surface area contributed by atoms with Crippen LogP contribution in [0.4, 0.5) is 4.39 Å². The van der Waals surface area contributed by atoms with Gasteiger partial charge in [-0.05, 0) is 31.5 Å². The number of carbonyl (C=O) groups is 1. The highest BCUT2D eigenvalue weighted by molar-refractivity contribution is 9.10. The molecule has 2 rings (SSSR count). The van der Waals surface area contributed by atoms with Crippen molar-refractivity contribution < 1.29 is 14.3 Å². The Morgan fingerprint density at radius 3 is 2.82 bits per heavy atom. The van der Waals surface area contributed by atoms with Gasteiger partial charge in [0.15, 0.2) is 0 Å². The second-order valence-electron chi connectivity index (χ2n) is 4.26. The van der Waals surface area contributed by atoms with Gasteiger partial charge in [0.1, 0.15) is 11.2 Å². The Kier molecular flexibility index (Phi) is 3.49. The zero-order chi connectivity index (χ0) is 12.5. The van der Waals surface area contributed by atoms with Gasteiger partial charge < -0.3 is 10.4 Å². The number of carboxylic acid groups (broad SMARTS) is 1. The molecule has 3 nitrogen and oxygen atoms in total. The average Bonchev–Trinajstić information content (AvgIpc) is 2.29. The van der Waals surface area contributed by atoms with E-state index in [1.165, 1.54) is 6.07 Å². The summed E-state index contributed by atoms with van der Waals surface area (Å²) in [6.45, 7) is 1.04. The summed E-state index contributed by atoms with van der Waals surface area (Å²) in [6.07, 6.45) is 1.18. The minimum atomic E-state index is -1.16. The lowest BCUT2D eigenvalue weighted by Crippen LogP contribution is -2.49. The van der Waals surface area contributed by atoms with Crippen LogP contribution in [0.3, 0.4) is 0 Å². The number of hydrogen-bond donors (Lipinski definition) is 2. The predicted molar refractivity (Wildman–Crippen MR) is 65.5 cm³/mol. The number of rotatable bonds is 2. The van der Waals surface area contributed by atoms with Crippen LogP contribution in [0.5, 0.6) is 0 Å². The Morgan fingerprint density at radius 2 is 2.29 bits per heavy atom. The van der Waals surface area contributed by atoms with Crippen LogP contribution < -0.4 is 5.32 Å². The summed E-state index contributed by atoms with van der Waals surface area (Å²) in [5, 5.41) is 12.5. The van der Waals surface area contributed by atoms with Crippen LogP contribution in [0, 0.1) is 5.82 Å². The van der Waals surface area contributed by atoms with Gasteiger partial charge in [0, 0.05) is 16.6 Å². The minimum Gasteiger partial charge on any atom is -0.481 e. The number of halogens is 2. The maximum absolute atomic E-state index is 13.9. The Hall–Kier alpha value is -0.940. The smallest absolute Gasteiger partial charge is 0.315 e. The van der Waals surface area contributed by atoms with Crippen LogP contribution >= 0.6 is 15.9 Å². The molecule has 0 saturated carbocycles. The van der Waals surface area contributed by atoms with Gasteiger partial charge in [0.05, 0.1) is 0 Å². The van der Waals surface area contributed by atoms with Crippen molar-refractivity contribution >= 4 is 21.9 Å². The van der Waals surface area contributed by atoms with Crippen molar-refractivity contribution in [1.82, 2.24) is 5.32 Å². The fraction of sp³-hybridized carbons (Fsp3) is 0.417. The molecule has 2 N–H and O–H groups in total. The molecule has 0 aliphatic carbocycles. The van der Waals surface area contributed by atoms with Crippen molar-refractivity contribution in [3.05, 3.63) is 34.1 Å². The summed E-state index contributed by atoms with van der Waals surface area (Å²) in [7, 11) is 0. The van der Waals surface area contributed by atoms with Crippen LogP contribution in [-0.4, -0.2) is 24.2 Å². The molecule has 0 amide bonds. The molecule has 0 spiro atoms. The highest BCUT2D eigenvalue weighted by Gasteiger charge is 2.44. The Morgan fingerprint density at radius 1 is 1.53 bits per heavy atom. The van der Waals surface area contributed by atoms with Gasteiger partial charge in [0.25, 0.3) is 0 Å². The number of carboxylic acids is 1. The fourth-order valence-corrected chi connectivity index (χ4v) is 3.08. The number of nitrogens with one attached hydrogen (secondary N) is 1. The van der Waals surface area contributed by atoms with E-state index in [4.69, 9.17) is 0 Å². The predicted octanol–water partition coefficient (Wildman–Crippen LogP) is 2.29. The number of benzene rings is 1. The molecule has 1 fully saturated rings. The van der Waals surface area contributed by atoms with E-state index in [0.717, 1.165) is 13.0 Å². The first-order chi connectivity index (χ1) is 8.08. The molecule has 0 bridgehead atoms. The van der Waals surface area contributed by atoms with Crippen molar-refractivity contribution in [2.75, 3.05) is 13.1 Å². The quantitative estimate of drug-likeness (QED) is 0.881. The van der Waals surface area contributed by atoms with Gasteiger partial charge in [-0.3, -0.25) is 4.79 Å². The van der Waals surface area contributed by atoms with Crippen LogP contribution in [-0.2, 0) is 10.2 Å². The lowest BCUT2D eigenvalue weighted by molar-refractivity contribution is -0.144. The summed E-state index contributed by atoms with van der Waals surface area (Å²) < 4.78 is 14.4. The lowest BCUT2D eigenvalue weighted by Gasteiger charge is -2.35. The molecule has 1 saturated heterocycles. The van der Waals surface area contributed by atoms with Gasteiger partial charge in [0.2, 0.25) is 0 Å². The molecule has 92 valence electrons. The van der Waals surface area contributed by atoms with Crippen molar-refractivity contribution in [1.29, 1.82) is 0 Å². The summed E-state index contributed by atoms with van der Waals surface area (Å²) in [5.41, 5.74) is -0.915. The Bertz CT molecular complexity index is 424. The van der Waals surface area contributed by atoms with E-state index in [0.29, 0.717) is 10.9 Å². The Labute approximate surface area is 107 Å². The molecule has 0 radical (unpaired) electrons. The average molecular weight is 302 g/mol. The van der Waals surface area contributed by atoms with Crippen molar-refractivity contribution in [3.63, 3.8) is 0 Å². The molecule has 0 aromatic heterocycles. The van der Waals surface area contributed by atoms with Crippen LogP contribution in [0.25, 0.3) is 0 Å². The van der Waals surface area contributed by atoms with Gasteiger partial charge in [-0.2, -0.15) is 0 Å². The maximum Gasteiger partial charge on any atom is 0.315 e. The zero-order valence-electron chi connectivity index (χ0n) is 9.17. The van der Waals surface area contributed by atoms with Crippen molar-refractivity contribution in [3.8, 4) is 0 Å². The van der Waals surface area contributed by atoms with Crippen LogP contribution in [0.2, 0.25) is 0 Å². The molecule has 1 unspecified atom stereocenters. The first-order valence-corrected chi connectivity index (χ1v) is 6.26. The zero-order valence-corrected chi connectivity index (χ0v) is 10.8. The summed E-state index contributed by atoms with van der Waals surface area (Å²) >= 11 is 3.26. The first kappa shape index (κ1) is 12.5. The molecule has 1 heterocycles. The second-order valence-corrected chi connectivity index (χ2v) is 5.12. The molecular weight excluding hydrogens is 289 g/mol. The molecule has 1 atom stereocenters. The normalized spacial score (nSPS) is 24.6. The SMILES string of the molecule is O=C(O)C1(c2c(F)cccc2Br)CCCNC1. The van der Waals surface area contributed by atoms with Crippen LogP contribution in [0.1, 0.15) is 18.4 Å². The summed E-state index contributed by atoms with van der Waals surface area (Å²) in [6, 6.07) is 4.55.